The maximum Gasteiger partial charge on any atom is 0.475 e. The van der Waals surface area contributed by atoms with Crippen LogP contribution in [0.15, 0.2) is 55.9 Å². The van der Waals surface area contributed by atoms with Crippen LogP contribution in [-0.4, -0.2) is 41.0 Å². The van der Waals surface area contributed by atoms with Crippen LogP contribution >= 0.6 is 47.8 Å². The number of rotatable bonds is 9. The molecule has 2 aromatic carbocycles. The Morgan fingerprint density at radius 1 is 1.03 bits per heavy atom. The quantitative estimate of drug-likeness (QED) is 0.254. The third-order valence-corrected chi connectivity index (χ3v) is 7.02. The molecule has 166 valence electrons. The fourth-order valence-corrected chi connectivity index (χ4v) is 4.70. The molecule has 10 heteroatoms. The lowest BCUT2D eigenvalue weighted by atomic mass is 9.75. The molecule has 0 aromatic heterocycles. The van der Waals surface area contributed by atoms with E-state index in [1.807, 2.05) is 44.2 Å². The Hall–Kier alpha value is -1.20. The van der Waals surface area contributed by atoms with Crippen LogP contribution in [0.4, 0.5) is 0 Å². The van der Waals surface area contributed by atoms with E-state index in [4.69, 9.17) is 0 Å². The highest BCUT2D eigenvalue weighted by Crippen LogP contribution is 2.30. The monoisotopic (exact) mass is 616 g/mol. The standard InChI is InChI=1S/C21H24BBr3N2O4/c1-12(2)8-18(22(30)31)27-21(29)17(9-13-6-4-3-5-7-13)26-20(28)15-10-14(23)11-16(24)19(15)25/h3-7,10-12,17-18,30-31H,8-9H2,1-2H3,(H,26,28)(H,27,29)/t17-,18-/m0/s1. The highest BCUT2D eigenvalue weighted by molar-refractivity contribution is 9.13. The highest BCUT2D eigenvalue weighted by atomic mass is 79.9. The maximum atomic E-state index is 13.1. The van der Waals surface area contributed by atoms with Crippen molar-refractivity contribution in [2.45, 2.75) is 38.7 Å². The Bertz CT molecular complexity index is 913. The zero-order valence-corrected chi connectivity index (χ0v) is 21.9. The molecular weight excluding hydrogens is 595 g/mol. The fraction of sp³-hybridized carbons (Fsp3) is 0.333. The first kappa shape index (κ1) is 26.1. The summed E-state index contributed by atoms with van der Waals surface area (Å²) in [4.78, 5) is 26.1. The summed E-state index contributed by atoms with van der Waals surface area (Å²) in [6.45, 7) is 3.85. The number of hydrogen-bond acceptors (Lipinski definition) is 4. The Balaban J connectivity index is 2.28. The second-order valence-corrected chi connectivity index (χ2v) is 10.2. The Morgan fingerprint density at radius 3 is 2.26 bits per heavy atom. The Kier molecular flexibility index (Phi) is 10.2. The van der Waals surface area contributed by atoms with Crippen molar-refractivity contribution in [1.82, 2.24) is 10.6 Å². The van der Waals surface area contributed by atoms with Crippen molar-refractivity contribution < 1.29 is 19.6 Å². The molecule has 0 aliphatic heterocycles. The number of amides is 2. The number of hydrogen-bond donors (Lipinski definition) is 4. The molecule has 31 heavy (non-hydrogen) atoms. The average molecular weight is 619 g/mol. The minimum Gasteiger partial charge on any atom is -0.426 e. The van der Waals surface area contributed by atoms with Crippen LogP contribution in [0.3, 0.4) is 0 Å². The summed E-state index contributed by atoms with van der Waals surface area (Å²) in [5.74, 6) is -1.62. The van der Waals surface area contributed by atoms with Gasteiger partial charge in [-0.25, -0.2) is 0 Å². The molecule has 0 bridgehead atoms. The van der Waals surface area contributed by atoms with Crippen LogP contribution in [0.1, 0.15) is 36.2 Å². The molecule has 0 heterocycles. The van der Waals surface area contributed by atoms with Crippen molar-refractivity contribution in [3.05, 3.63) is 67.0 Å². The third-order valence-electron chi connectivity index (χ3n) is 4.55. The van der Waals surface area contributed by atoms with Crippen LogP contribution in [0.2, 0.25) is 0 Å². The van der Waals surface area contributed by atoms with Gasteiger partial charge < -0.3 is 20.7 Å². The maximum absolute atomic E-state index is 13.1. The van der Waals surface area contributed by atoms with E-state index in [0.717, 1.165) is 5.56 Å². The fourth-order valence-electron chi connectivity index (χ4n) is 3.06. The predicted molar refractivity (Wildman–Crippen MR) is 133 cm³/mol. The molecule has 0 saturated heterocycles. The lowest BCUT2D eigenvalue weighted by Crippen LogP contribution is -2.55. The van der Waals surface area contributed by atoms with Gasteiger partial charge in [0.15, 0.2) is 0 Å². The van der Waals surface area contributed by atoms with Gasteiger partial charge in [-0.2, -0.15) is 0 Å². The smallest absolute Gasteiger partial charge is 0.426 e. The topological polar surface area (TPSA) is 98.7 Å². The minimum atomic E-state index is -1.70. The largest absolute Gasteiger partial charge is 0.475 e. The first-order chi connectivity index (χ1) is 14.6. The number of carbonyl (C=O) groups excluding carboxylic acids is 2. The zero-order valence-electron chi connectivity index (χ0n) is 17.1. The number of benzene rings is 2. The van der Waals surface area contributed by atoms with Crippen molar-refractivity contribution in [3.8, 4) is 0 Å². The summed E-state index contributed by atoms with van der Waals surface area (Å²) < 4.78 is 1.96. The predicted octanol–water partition coefficient (Wildman–Crippen LogP) is 3.86. The van der Waals surface area contributed by atoms with Gasteiger partial charge >= 0.3 is 7.12 Å². The van der Waals surface area contributed by atoms with E-state index in [0.29, 0.717) is 25.4 Å². The molecule has 0 radical (unpaired) electrons. The van der Waals surface area contributed by atoms with E-state index in [-0.39, 0.29) is 12.3 Å². The van der Waals surface area contributed by atoms with Gasteiger partial charge in [0.2, 0.25) is 5.91 Å². The molecular formula is C21H24BBr3N2O4. The molecule has 2 rings (SSSR count). The third kappa shape index (κ3) is 8.02. The van der Waals surface area contributed by atoms with Crippen molar-refractivity contribution in [3.63, 3.8) is 0 Å². The van der Waals surface area contributed by atoms with Crippen molar-refractivity contribution >= 4 is 66.7 Å². The number of nitrogens with one attached hydrogen (secondary N) is 2. The molecule has 2 atom stereocenters. The lowest BCUT2D eigenvalue weighted by molar-refractivity contribution is -0.123. The van der Waals surface area contributed by atoms with Gasteiger partial charge in [-0.05, 0) is 61.9 Å². The van der Waals surface area contributed by atoms with Gasteiger partial charge in [0, 0.05) is 19.8 Å². The summed E-state index contributed by atoms with van der Waals surface area (Å²) in [5.41, 5.74) is 1.22. The highest BCUT2D eigenvalue weighted by Gasteiger charge is 2.30. The van der Waals surface area contributed by atoms with E-state index in [1.165, 1.54) is 0 Å². The van der Waals surface area contributed by atoms with Crippen molar-refractivity contribution in [2.24, 2.45) is 5.92 Å². The van der Waals surface area contributed by atoms with E-state index < -0.39 is 30.9 Å². The lowest BCUT2D eigenvalue weighted by Gasteiger charge is -2.24. The van der Waals surface area contributed by atoms with Crippen LogP contribution < -0.4 is 10.6 Å². The number of carbonyl (C=O) groups is 2. The molecule has 0 unspecified atom stereocenters. The summed E-state index contributed by atoms with van der Waals surface area (Å²) in [6, 6.07) is 11.9. The second-order valence-electron chi connectivity index (χ2n) is 7.62. The second kappa shape index (κ2) is 12.2. The van der Waals surface area contributed by atoms with Gasteiger partial charge in [-0.15, -0.1) is 0 Å². The van der Waals surface area contributed by atoms with Crippen molar-refractivity contribution in [1.29, 1.82) is 0 Å². The Labute approximate surface area is 207 Å². The SMILES string of the molecule is CC(C)C[C@H](NC(=O)[C@H](Cc1ccccc1)NC(=O)c1cc(Br)cc(Br)c1Br)B(O)O. The van der Waals surface area contributed by atoms with E-state index in [2.05, 4.69) is 58.4 Å². The minimum absolute atomic E-state index is 0.143. The molecule has 4 N–H and O–H groups in total. The van der Waals surface area contributed by atoms with Gasteiger partial charge in [0.25, 0.3) is 5.91 Å². The van der Waals surface area contributed by atoms with E-state index in [9.17, 15) is 19.6 Å². The molecule has 0 aliphatic rings. The summed E-state index contributed by atoms with van der Waals surface area (Å²) >= 11 is 10.2. The van der Waals surface area contributed by atoms with Gasteiger partial charge in [-0.3, -0.25) is 9.59 Å². The first-order valence-corrected chi connectivity index (χ1v) is 12.1. The van der Waals surface area contributed by atoms with Crippen LogP contribution in [0.5, 0.6) is 0 Å². The van der Waals surface area contributed by atoms with E-state index in [1.54, 1.807) is 12.1 Å². The summed E-state index contributed by atoms with van der Waals surface area (Å²) in [6.07, 6.45) is 0.640. The van der Waals surface area contributed by atoms with Crippen molar-refractivity contribution in [2.75, 3.05) is 0 Å². The summed E-state index contributed by atoms with van der Waals surface area (Å²) in [7, 11) is -1.70. The molecule has 0 spiro atoms. The van der Waals surface area contributed by atoms with E-state index >= 15 is 0 Å². The van der Waals surface area contributed by atoms with Gasteiger partial charge in [0.05, 0.1) is 11.5 Å². The van der Waals surface area contributed by atoms with Gasteiger partial charge in [-0.1, -0.05) is 60.1 Å². The van der Waals surface area contributed by atoms with Crippen LogP contribution in [-0.2, 0) is 11.2 Å². The molecule has 0 saturated carbocycles. The Morgan fingerprint density at radius 2 is 1.68 bits per heavy atom. The van der Waals surface area contributed by atoms with Crippen LogP contribution in [0, 0.1) is 5.92 Å². The first-order valence-electron chi connectivity index (χ1n) is 9.74. The summed E-state index contributed by atoms with van der Waals surface area (Å²) in [5, 5.41) is 24.8. The molecule has 2 aromatic rings. The molecule has 2 amide bonds. The molecule has 0 fully saturated rings. The van der Waals surface area contributed by atoms with Gasteiger partial charge in [0.1, 0.15) is 6.04 Å². The average Bonchev–Trinajstić information content (AvgIpc) is 2.69. The number of halogens is 3. The van der Waals surface area contributed by atoms with Crippen LogP contribution in [0.25, 0.3) is 0 Å². The molecule has 6 nitrogen and oxygen atoms in total. The normalized spacial score (nSPS) is 12.9. The zero-order chi connectivity index (χ0) is 23.1. The molecule has 0 aliphatic carbocycles.